The smallest absolute Gasteiger partial charge is 0.200 e. The summed E-state index contributed by atoms with van der Waals surface area (Å²) in [6.07, 6.45) is 1.52. The van der Waals surface area contributed by atoms with Crippen LogP contribution in [0.4, 0.5) is 0 Å². The van der Waals surface area contributed by atoms with E-state index in [2.05, 4.69) is 31.9 Å². The van der Waals surface area contributed by atoms with Gasteiger partial charge in [-0.1, -0.05) is 45.8 Å². The number of fused-ring (bicyclic) bond motifs is 1. The van der Waals surface area contributed by atoms with Gasteiger partial charge in [0.1, 0.15) is 6.26 Å². The molecule has 0 radical (unpaired) electrons. The molecule has 0 unspecified atom stereocenters. The molecule has 0 bridgehead atoms. The Labute approximate surface area is 132 Å². The molecule has 1 aromatic heterocycles. The van der Waals surface area contributed by atoms with E-state index in [4.69, 9.17) is 4.42 Å². The van der Waals surface area contributed by atoms with Crippen LogP contribution in [0.15, 0.2) is 60.8 Å². The van der Waals surface area contributed by atoms with Gasteiger partial charge in [0, 0.05) is 4.47 Å². The molecule has 0 N–H and O–H groups in total. The predicted octanol–water partition coefficient (Wildman–Crippen LogP) is 5.29. The summed E-state index contributed by atoms with van der Waals surface area (Å²) >= 11 is 6.81. The van der Waals surface area contributed by atoms with E-state index in [-0.39, 0.29) is 5.43 Å². The van der Waals surface area contributed by atoms with Gasteiger partial charge in [0.25, 0.3) is 0 Å². The Bertz CT molecular complexity index is 849. The summed E-state index contributed by atoms with van der Waals surface area (Å²) in [5.41, 5.74) is 3.13. The molecule has 0 fully saturated rings. The van der Waals surface area contributed by atoms with Gasteiger partial charge >= 0.3 is 0 Å². The third-order valence-electron chi connectivity index (χ3n) is 3.15. The van der Waals surface area contributed by atoms with Crippen LogP contribution in [0.1, 0.15) is 5.56 Å². The summed E-state index contributed by atoms with van der Waals surface area (Å²) < 4.78 is 7.22. The zero-order valence-electron chi connectivity index (χ0n) is 10.6. The molecule has 0 aliphatic rings. The number of halogens is 2. The van der Waals surface area contributed by atoms with Crippen molar-refractivity contribution in [1.29, 1.82) is 0 Å². The topological polar surface area (TPSA) is 30.2 Å². The largest absolute Gasteiger partial charge is 0.462 e. The number of aryl methyl sites for hydroxylation is 1. The Hall–Kier alpha value is -1.39. The summed E-state index contributed by atoms with van der Waals surface area (Å²) in [6.45, 7) is 2.01. The first kappa shape index (κ1) is 13.6. The molecule has 0 atom stereocenters. The average molecular weight is 394 g/mol. The van der Waals surface area contributed by atoms with Gasteiger partial charge in [-0.15, -0.1) is 0 Å². The molecule has 3 aromatic rings. The highest BCUT2D eigenvalue weighted by Crippen LogP contribution is 2.28. The minimum absolute atomic E-state index is 0.0305. The molecular formula is C16H10Br2O2. The van der Waals surface area contributed by atoms with Gasteiger partial charge in [-0.2, -0.15) is 0 Å². The molecular weight excluding hydrogens is 384 g/mol. The van der Waals surface area contributed by atoms with Crippen LogP contribution in [-0.2, 0) is 0 Å². The van der Waals surface area contributed by atoms with E-state index in [1.165, 1.54) is 6.26 Å². The zero-order chi connectivity index (χ0) is 14.3. The Morgan fingerprint density at radius 3 is 2.45 bits per heavy atom. The molecule has 4 heteroatoms. The molecule has 0 saturated heterocycles. The molecule has 0 saturated carbocycles. The average Bonchev–Trinajstić information content (AvgIpc) is 2.41. The van der Waals surface area contributed by atoms with Crippen LogP contribution >= 0.6 is 31.9 Å². The minimum Gasteiger partial charge on any atom is -0.462 e. The van der Waals surface area contributed by atoms with Crippen LogP contribution in [0.3, 0.4) is 0 Å². The van der Waals surface area contributed by atoms with E-state index >= 15 is 0 Å². The van der Waals surface area contributed by atoms with Gasteiger partial charge in [-0.05, 0) is 40.5 Å². The first-order valence-electron chi connectivity index (χ1n) is 6.04. The second-order valence-electron chi connectivity index (χ2n) is 4.61. The maximum absolute atomic E-state index is 12.6. The van der Waals surface area contributed by atoms with Crippen molar-refractivity contribution in [2.45, 2.75) is 6.92 Å². The van der Waals surface area contributed by atoms with E-state index in [0.29, 0.717) is 16.5 Å². The minimum atomic E-state index is -0.0305. The maximum atomic E-state index is 12.6. The summed E-state index contributed by atoms with van der Waals surface area (Å²) in [5, 5.41) is 0.560. The van der Waals surface area contributed by atoms with E-state index in [1.807, 2.05) is 37.3 Å². The lowest BCUT2D eigenvalue weighted by Gasteiger charge is -2.05. The third-order valence-corrected chi connectivity index (χ3v) is 4.20. The SMILES string of the molecule is Cc1ccc(-c2coc3c(Br)cc(Br)cc3c2=O)cc1. The van der Waals surface area contributed by atoms with Gasteiger partial charge in [-0.3, -0.25) is 4.79 Å². The third kappa shape index (κ3) is 2.34. The fourth-order valence-electron chi connectivity index (χ4n) is 2.10. The lowest BCUT2D eigenvalue weighted by Crippen LogP contribution is -2.05. The summed E-state index contributed by atoms with van der Waals surface area (Å²) in [7, 11) is 0. The zero-order valence-corrected chi connectivity index (χ0v) is 13.8. The second kappa shape index (κ2) is 5.19. The molecule has 1 heterocycles. The number of benzene rings is 2. The lowest BCUT2D eigenvalue weighted by atomic mass is 10.0. The predicted molar refractivity (Wildman–Crippen MR) is 88.1 cm³/mol. The van der Waals surface area contributed by atoms with Crippen LogP contribution in [0.25, 0.3) is 22.1 Å². The van der Waals surface area contributed by atoms with Gasteiger partial charge in [0.2, 0.25) is 5.43 Å². The molecule has 2 nitrogen and oxygen atoms in total. The second-order valence-corrected chi connectivity index (χ2v) is 6.38. The number of hydrogen-bond acceptors (Lipinski definition) is 2. The van der Waals surface area contributed by atoms with Gasteiger partial charge in [0.05, 0.1) is 15.4 Å². The van der Waals surface area contributed by atoms with E-state index < -0.39 is 0 Å². The Morgan fingerprint density at radius 2 is 1.75 bits per heavy atom. The molecule has 0 amide bonds. The molecule has 0 spiro atoms. The van der Waals surface area contributed by atoms with E-state index in [1.54, 1.807) is 6.07 Å². The lowest BCUT2D eigenvalue weighted by molar-refractivity contribution is 0.602. The van der Waals surface area contributed by atoms with Gasteiger partial charge in [-0.25, -0.2) is 0 Å². The van der Waals surface area contributed by atoms with E-state index in [0.717, 1.165) is 20.1 Å². The standard InChI is InChI=1S/C16H10Br2O2/c1-9-2-4-10(5-3-9)13-8-20-16-12(15(13)19)6-11(17)7-14(16)18/h2-8H,1H3. The van der Waals surface area contributed by atoms with Crippen LogP contribution in [-0.4, -0.2) is 0 Å². The van der Waals surface area contributed by atoms with Crippen molar-refractivity contribution in [1.82, 2.24) is 0 Å². The van der Waals surface area contributed by atoms with Crippen molar-refractivity contribution in [3.8, 4) is 11.1 Å². The van der Waals surface area contributed by atoms with Crippen LogP contribution in [0, 0.1) is 6.92 Å². The van der Waals surface area contributed by atoms with Crippen LogP contribution in [0.2, 0.25) is 0 Å². The van der Waals surface area contributed by atoms with Gasteiger partial charge in [0.15, 0.2) is 5.58 Å². The molecule has 3 rings (SSSR count). The summed E-state index contributed by atoms with van der Waals surface area (Å²) in [5.74, 6) is 0. The molecule has 0 aliphatic heterocycles. The molecule has 100 valence electrons. The monoisotopic (exact) mass is 392 g/mol. The van der Waals surface area contributed by atoms with Crippen molar-refractivity contribution in [2.75, 3.05) is 0 Å². The highest BCUT2D eigenvalue weighted by molar-refractivity contribution is 9.11. The van der Waals surface area contributed by atoms with Crippen LogP contribution < -0.4 is 5.43 Å². The molecule has 20 heavy (non-hydrogen) atoms. The summed E-state index contributed by atoms with van der Waals surface area (Å²) in [4.78, 5) is 12.6. The fourth-order valence-corrected chi connectivity index (χ4v) is 3.42. The number of hydrogen-bond donors (Lipinski definition) is 0. The first-order valence-corrected chi connectivity index (χ1v) is 7.62. The van der Waals surface area contributed by atoms with Crippen molar-refractivity contribution >= 4 is 42.8 Å². The van der Waals surface area contributed by atoms with E-state index in [9.17, 15) is 4.79 Å². The molecule has 0 aliphatic carbocycles. The quantitative estimate of drug-likeness (QED) is 0.562. The Balaban J connectivity index is 2.31. The normalized spacial score (nSPS) is 10.9. The van der Waals surface area contributed by atoms with Crippen molar-refractivity contribution in [3.63, 3.8) is 0 Å². The Morgan fingerprint density at radius 1 is 1.05 bits per heavy atom. The maximum Gasteiger partial charge on any atom is 0.200 e. The first-order chi connectivity index (χ1) is 9.56. The highest BCUT2D eigenvalue weighted by Gasteiger charge is 2.12. The van der Waals surface area contributed by atoms with Crippen molar-refractivity contribution in [3.05, 3.63) is 67.4 Å². The number of rotatable bonds is 1. The Kier molecular flexibility index (Phi) is 3.52. The van der Waals surface area contributed by atoms with Crippen molar-refractivity contribution in [2.24, 2.45) is 0 Å². The fraction of sp³-hybridized carbons (Fsp3) is 0.0625. The molecule has 2 aromatic carbocycles. The van der Waals surface area contributed by atoms with Crippen LogP contribution in [0.5, 0.6) is 0 Å². The highest BCUT2D eigenvalue weighted by atomic mass is 79.9. The summed E-state index contributed by atoms with van der Waals surface area (Å²) in [6, 6.07) is 11.5. The van der Waals surface area contributed by atoms with Gasteiger partial charge < -0.3 is 4.42 Å². The van der Waals surface area contributed by atoms with Crippen molar-refractivity contribution < 1.29 is 4.42 Å².